The molecule has 1 aromatic carbocycles. The standard InChI is InChI=1S/C14H17N5O2/c15-13(20)10-4-6-11(7-5-10)14-16-18-19(17-14)9-12-3-1-2-8-21-12/h4-7,12H,1-3,8-9H2,(H2,15,20)/t12-/m0/s1. The minimum absolute atomic E-state index is 0.165. The number of amides is 1. The first-order chi connectivity index (χ1) is 10.2. The maximum absolute atomic E-state index is 11.0. The van der Waals surface area contributed by atoms with Crippen molar-refractivity contribution in [2.24, 2.45) is 5.73 Å². The van der Waals surface area contributed by atoms with Gasteiger partial charge in [0.25, 0.3) is 0 Å². The van der Waals surface area contributed by atoms with Crippen molar-refractivity contribution in [1.82, 2.24) is 20.2 Å². The summed E-state index contributed by atoms with van der Waals surface area (Å²) in [5, 5.41) is 12.4. The summed E-state index contributed by atoms with van der Waals surface area (Å²) in [6.07, 6.45) is 3.50. The molecule has 0 radical (unpaired) electrons. The summed E-state index contributed by atoms with van der Waals surface area (Å²) < 4.78 is 5.66. The molecule has 0 aliphatic carbocycles. The molecule has 21 heavy (non-hydrogen) atoms. The van der Waals surface area contributed by atoms with Crippen molar-refractivity contribution in [3.8, 4) is 11.4 Å². The van der Waals surface area contributed by atoms with Gasteiger partial charge in [0.15, 0.2) is 0 Å². The van der Waals surface area contributed by atoms with Crippen molar-refractivity contribution in [2.45, 2.75) is 31.9 Å². The lowest BCUT2D eigenvalue weighted by Gasteiger charge is -2.21. The molecule has 1 aliphatic rings. The molecule has 1 saturated heterocycles. The number of rotatable bonds is 4. The van der Waals surface area contributed by atoms with E-state index in [1.807, 2.05) is 0 Å². The van der Waals surface area contributed by atoms with Crippen LogP contribution in [0.1, 0.15) is 29.6 Å². The second kappa shape index (κ2) is 6.01. The third-order valence-corrected chi connectivity index (χ3v) is 3.52. The van der Waals surface area contributed by atoms with Crippen molar-refractivity contribution in [3.63, 3.8) is 0 Å². The molecule has 3 rings (SSSR count). The Morgan fingerprint density at radius 1 is 1.33 bits per heavy atom. The Bertz CT molecular complexity index is 617. The van der Waals surface area contributed by atoms with Gasteiger partial charge in [-0.2, -0.15) is 4.80 Å². The monoisotopic (exact) mass is 287 g/mol. The fourth-order valence-electron chi connectivity index (χ4n) is 2.35. The molecule has 7 heteroatoms. The third kappa shape index (κ3) is 3.25. The molecule has 0 unspecified atom stereocenters. The summed E-state index contributed by atoms with van der Waals surface area (Å²) >= 11 is 0. The summed E-state index contributed by atoms with van der Waals surface area (Å²) in [5.74, 6) is 0.0782. The van der Waals surface area contributed by atoms with Crippen molar-refractivity contribution in [1.29, 1.82) is 0 Å². The zero-order valence-electron chi connectivity index (χ0n) is 11.6. The molecule has 1 amide bonds. The molecule has 2 aromatic rings. The smallest absolute Gasteiger partial charge is 0.248 e. The van der Waals surface area contributed by atoms with Gasteiger partial charge in [-0.25, -0.2) is 0 Å². The van der Waals surface area contributed by atoms with Crippen LogP contribution >= 0.6 is 0 Å². The van der Waals surface area contributed by atoms with E-state index in [-0.39, 0.29) is 6.10 Å². The molecule has 7 nitrogen and oxygen atoms in total. The molecule has 0 bridgehead atoms. The Hall–Kier alpha value is -2.28. The molecule has 2 heterocycles. The van der Waals surface area contributed by atoms with E-state index < -0.39 is 5.91 Å². The summed E-state index contributed by atoms with van der Waals surface area (Å²) in [4.78, 5) is 12.6. The van der Waals surface area contributed by atoms with Gasteiger partial charge in [0.2, 0.25) is 11.7 Å². The number of hydrogen-bond acceptors (Lipinski definition) is 5. The molecule has 1 aliphatic heterocycles. The van der Waals surface area contributed by atoms with Crippen LogP contribution in [-0.2, 0) is 11.3 Å². The molecular formula is C14H17N5O2. The highest BCUT2D eigenvalue weighted by molar-refractivity contribution is 5.93. The first-order valence-electron chi connectivity index (χ1n) is 7.02. The van der Waals surface area contributed by atoms with Gasteiger partial charge in [-0.05, 0) is 36.6 Å². The van der Waals surface area contributed by atoms with Gasteiger partial charge in [-0.3, -0.25) is 4.79 Å². The van der Waals surface area contributed by atoms with Gasteiger partial charge in [0, 0.05) is 17.7 Å². The van der Waals surface area contributed by atoms with Crippen molar-refractivity contribution in [2.75, 3.05) is 6.61 Å². The third-order valence-electron chi connectivity index (χ3n) is 3.52. The summed E-state index contributed by atoms with van der Waals surface area (Å²) in [7, 11) is 0. The summed E-state index contributed by atoms with van der Waals surface area (Å²) in [5.41, 5.74) is 6.47. The fraction of sp³-hybridized carbons (Fsp3) is 0.429. The molecule has 1 fully saturated rings. The highest BCUT2D eigenvalue weighted by Crippen LogP contribution is 2.16. The number of carbonyl (C=O) groups is 1. The molecule has 2 N–H and O–H groups in total. The summed E-state index contributed by atoms with van der Waals surface area (Å²) in [6, 6.07) is 6.84. The zero-order valence-corrected chi connectivity index (χ0v) is 11.6. The molecule has 0 spiro atoms. The maximum Gasteiger partial charge on any atom is 0.248 e. The Balaban J connectivity index is 1.70. The van der Waals surface area contributed by atoms with Crippen LogP contribution in [0.15, 0.2) is 24.3 Å². The van der Waals surface area contributed by atoms with Crippen LogP contribution in [0.25, 0.3) is 11.4 Å². The van der Waals surface area contributed by atoms with Crippen LogP contribution in [0, 0.1) is 0 Å². The first-order valence-corrected chi connectivity index (χ1v) is 7.02. The molecule has 110 valence electrons. The van der Waals surface area contributed by atoms with Crippen LogP contribution in [0.5, 0.6) is 0 Å². The average Bonchev–Trinajstić information content (AvgIpc) is 2.97. The van der Waals surface area contributed by atoms with E-state index in [1.165, 1.54) is 6.42 Å². The lowest BCUT2D eigenvalue weighted by molar-refractivity contribution is 0.00133. The minimum Gasteiger partial charge on any atom is -0.376 e. The van der Waals surface area contributed by atoms with Crippen LogP contribution < -0.4 is 5.73 Å². The predicted octanol–water partition coefficient (Wildman–Crippen LogP) is 1.01. The Labute approximate surface area is 122 Å². The number of aromatic nitrogens is 4. The van der Waals surface area contributed by atoms with Gasteiger partial charge in [0.05, 0.1) is 12.6 Å². The van der Waals surface area contributed by atoms with Crippen LogP contribution in [-0.4, -0.2) is 38.8 Å². The van der Waals surface area contributed by atoms with Gasteiger partial charge < -0.3 is 10.5 Å². The zero-order chi connectivity index (χ0) is 14.7. The second-order valence-electron chi connectivity index (χ2n) is 5.10. The number of nitrogens with zero attached hydrogens (tertiary/aromatic N) is 4. The van der Waals surface area contributed by atoms with E-state index in [9.17, 15) is 4.79 Å². The van der Waals surface area contributed by atoms with Crippen molar-refractivity contribution >= 4 is 5.91 Å². The molecule has 1 atom stereocenters. The second-order valence-corrected chi connectivity index (χ2v) is 5.10. The largest absolute Gasteiger partial charge is 0.376 e. The van der Waals surface area contributed by atoms with Gasteiger partial charge in [-0.15, -0.1) is 10.2 Å². The Morgan fingerprint density at radius 3 is 2.81 bits per heavy atom. The lowest BCUT2D eigenvalue weighted by Crippen LogP contribution is -2.25. The number of benzene rings is 1. The molecule has 1 aromatic heterocycles. The summed E-state index contributed by atoms with van der Waals surface area (Å²) in [6.45, 7) is 1.42. The van der Waals surface area contributed by atoms with E-state index in [2.05, 4.69) is 15.4 Å². The number of nitrogens with two attached hydrogens (primary N) is 1. The van der Waals surface area contributed by atoms with Crippen molar-refractivity contribution in [3.05, 3.63) is 29.8 Å². The van der Waals surface area contributed by atoms with Crippen LogP contribution in [0.4, 0.5) is 0 Å². The highest BCUT2D eigenvalue weighted by Gasteiger charge is 2.16. The Morgan fingerprint density at radius 2 is 2.14 bits per heavy atom. The maximum atomic E-state index is 11.0. The minimum atomic E-state index is -0.451. The number of ether oxygens (including phenoxy) is 1. The van der Waals surface area contributed by atoms with E-state index in [0.717, 1.165) is 25.0 Å². The number of tetrazole rings is 1. The van der Waals surface area contributed by atoms with E-state index in [4.69, 9.17) is 10.5 Å². The molecule has 0 saturated carbocycles. The van der Waals surface area contributed by atoms with Crippen LogP contribution in [0.2, 0.25) is 0 Å². The quantitative estimate of drug-likeness (QED) is 0.905. The lowest BCUT2D eigenvalue weighted by atomic mass is 10.1. The average molecular weight is 287 g/mol. The van der Waals surface area contributed by atoms with E-state index in [0.29, 0.717) is 17.9 Å². The van der Waals surface area contributed by atoms with Gasteiger partial charge in [-0.1, -0.05) is 12.1 Å². The topological polar surface area (TPSA) is 95.9 Å². The van der Waals surface area contributed by atoms with Gasteiger partial charge >= 0.3 is 0 Å². The number of carbonyl (C=O) groups excluding carboxylic acids is 1. The Kier molecular flexibility index (Phi) is 3.92. The SMILES string of the molecule is NC(=O)c1ccc(-c2nnn(C[C@@H]3CCCCO3)n2)cc1. The van der Waals surface area contributed by atoms with E-state index in [1.54, 1.807) is 29.1 Å². The van der Waals surface area contributed by atoms with Crippen LogP contribution in [0.3, 0.4) is 0 Å². The number of hydrogen-bond donors (Lipinski definition) is 1. The van der Waals surface area contributed by atoms with E-state index >= 15 is 0 Å². The fourth-order valence-corrected chi connectivity index (χ4v) is 2.35. The van der Waals surface area contributed by atoms with Crippen molar-refractivity contribution < 1.29 is 9.53 Å². The highest BCUT2D eigenvalue weighted by atomic mass is 16.5. The number of primary amides is 1. The predicted molar refractivity (Wildman–Crippen MR) is 75.4 cm³/mol. The van der Waals surface area contributed by atoms with Gasteiger partial charge in [0.1, 0.15) is 0 Å². The normalized spacial score (nSPS) is 18.6. The first kappa shape index (κ1) is 13.7. The molecular weight excluding hydrogens is 270 g/mol.